The number of para-hydroxylation sites is 1. The largest absolute Gasteiger partial charge is 0.496 e. The molecule has 1 aliphatic rings. The lowest BCUT2D eigenvalue weighted by molar-refractivity contribution is 0.0706. The third-order valence-electron chi connectivity index (χ3n) is 5.39. The molecule has 1 saturated heterocycles. The van der Waals surface area contributed by atoms with Crippen molar-refractivity contribution in [1.29, 1.82) is 0 Å². The molecule has 4 rings (SSSR count). The minimum Gasteiger partial charge on any atom is -0.496 e. The lowest BCUT2D eigenvalue weighted by Crippen LogP contribution is -2.39. The Hall–Kier alpha value is -3.26. The van der Waals surface area contributed by atoms with E-state index in [2.05, 4.69) is 0 Å². The number of ether oxygens (including phenoxy) is 1. The quantitative estimate of drug-likeness (QED) is 0.649. The number of halogens is 1. The second-order valence-electron chi connectivity index (χ2n) is 7.45. The fraction of sp³-hybridized carbons (Fsp3) is 0.261. The van der Waals surface area contributed by atoms with Gasteiger partial charge in [0.2, 0.25) is 5.91 Å². The molecule has 160 valence electrons. The van der Waals surface area contributed by atoms with Crippen molar-refractivity contribution in [3.63, 3.8) is 0 Å². The van der Waals surface area contributed by atoms with Crippen molar-refractivity contribution in [2.24, 2.45) is 5.73 Å². The highest BCUT2D eigenvalue weighted by atomic mass is 32.1. The molecule has 0 aliphatic carbocycles. The molecule has 6 nitrogen and oxygen atoms in total. The number of primary amides is 1. The van der Waals surface area contributed by atoms with Gasteiger partial charge in [-0.15, -0.1) is 11.3 Å². The lowest BCUT2D eigenvalue weighted by Gasteiger charge is -2.32. The van der Waals surface area contributed by atoms with E-state index in [1.165, 1.54) is 6.07 Å². The summed E-state index contributed by atoms with van der Waals surface area (Å²) >= 11 is 1.56. The molecule has 2 N–H and O–H groups in total. The van der Waals surface area contributed by atoms with Crippen LogP contribution in [-0.4, -0.2) is 41.9 Å². The van der Waals surface area contributed by atoms with Crippen molar-refractivity contribution in [3.8, 4) is 17.0 Å². The summed E-state index contributed by atoms with van der Waals surface area (Å²) in [7, 11) is 1.63. The van der Waals surface area contributed by atoms with Crippen LogP contribution < -0.4 is 10.5 Å². The van der Waals surface area contributed by atoms with E-state index in [0.29, 0.717) is 13.1 Å². The van der Waals surface area contributed by atoms with Gasteiger partial charge in [-0.1, -0.05) is 12.1 Å². The van der Waals surface area contributed by atoms with E-state index >= 15 is 0 Å². The molecule has 1 aromatic heterocycles. The zero-order valence-corrected chi connectivity index (χ0v) is 17.8. The second-order valence-corrected chi connectivity index (χ2v) is 8.34. The number of nitrogens with zero attached hydrogens (tertiary/aromatic N) is 2. The number of piperidine rings is 1. The van der Waals surface area contributed by atoms with Crippen LogP contribution in [0.4, 0.5) is 4.39 Å². The number of benzene rings is 2. The van der Waals surface area contributed by atoms with Gasteiger partial charge in [-0.25, -0.2) is 9.37 Å². The van der Waals surface area contributed by atoms with Gasteiger partial charge in [0.05, 0.1) is 17.8 Å². The van der Waals surface area contributed by atoms with Crippen LogP contribution in [0.1, 0.15) is 44.5 Å². The Kier molecular flexibility index (Phi) is 5.99. The summed E-state index contributed by atoms with van der Waals surface area (Å²) in [6.45, 7) is 1.06. The van der Waals surface area contributed by atoms with Gasteiger partial charge < -0.3 is 15.4 Å². The highest BCUT2D eigenvalue weighted by Crippen LogP contribution is 2.35. The molecule has 0 spiro atoms. The maximum absolute atomic E-state index is 13.9. The predicted octanol–water partition coefficient (Wildman–Crippen LogP) is 4.08. The number of thiazole rings is 1. The Morgan fingerprint density at radius 2 is 2.00 bits per heavy atom. The first-order chi connectivity index (χ1) is 15.0. The summed E-state index contributed by atoms with van der Waals surface area (Å²) in [5.41, 5.74) is 7.14. The van der Waals surface area contributed by atoms with Gasteiger partial charge in [0.25, 0.3) is 5.91 Å². The summed E-state index contributed by atoms with van der Waals surface area (Å²) in [6, 6.07) is 11.2. The van der Waals surface area contributed by atoms with Gasteiger partial charge in [-0.2, -0.15) is 0 Å². The van der Waals surface area contributed by atoms with E-state index in [-0.39, 0.29) is 23.0 Å². The normalized spacial score (nSPS) is 16.2. The van der Waals surface area contributed by atoms with Gasteiger partial charge in [0.15, 0.2) is 0 Å². The zero-order chi connectivity index (χ0) is 22.0. The molecule has 0 radical (unpaired) electrons. The van der Waals surface area contributed by atoms with Crippen molar-refractivity contribution in [2.45, 2.75) is 18.8 Å². The number of nitrogens with two attached hydrogens (primary N) is 1. The first-order valence-electron chi connectivity index (χ1n) is 9.94. The molecule has 0 bridgehead atoms. The van der Waals surface area contributed by atoms with Crippen molar-refractivity contribution < 1.29 is 18.7 Å². The van der Waals surface area contributed by atoms with Crippen LogP contribution in [0.15, 0.2) is 47.8 Å². The Morgan fingerprint density at radius 1 is 1.23 bits per heavy atom. The topological polar surface area (TPSA) is 85.5 Å². The van der Waals surface area contributed by atoms with Crippen LogP contribution in [0.3, 0.4) is 0 Å². The van der Waals surface area contributed by atoms with Gasteiger partial charge >= 0.3 is 0 Å². The standard InChI is InChI=1S/C23H22FN3O3S/c1-30-20-7-3-2-6-18(20)19-13-31-22(26-19)14-5-4-8-27(12-14)23(29)16-9-15(21(25)28)10-17(24)11-16/h2-3,6-7,9-11,13-14H,4-5,8,12H2,1H3,(H2,25,28). The van der Waals surface area contributed by atoms with E-state index in [9.17, 15) is 14.0 Å². The van der Waals surface area contributed by atoms with Gasteiger partial charge in [0.1, 0.15) is 11.6 Å². The molecule has 1 atom stereocenters. The third-order valence-corrected chi connectivity index (χ3v) is 6.40. The van der Waals surface area contributed by atoms with Gasteiger partial charge in [0, 0.05) is 41.1 Å². The molecule has 1 aliphatic heterocycles. The van der Waals surface area contributed by atoms with E-state index in [1.54, 1.807) is 23.3 Å². The highest BCUT2D eigenvalue weighted by molar-refractivity contribution is 7.10. The number of rotatable bonds is 5. The number of hydrogen-bond acceptors (Lipinski definition) is 5. The molecule has 0 saturated carbocycles. The summed E-state index contributed by atoms with van der Waals surface area (Å²) < 4.78 is 19.3. The average molecular weight is 440 g/mol. The first-order valence-corrected chi connectivity index (χ1v) is 10.8. The Labute approximate surface area is 183 Å². The summed E-state index contributed by atoms with van der Waals surface area (Å²) in [5, 5.41) is 2.95. The van der Waals surface area contributed by atoms with E-state index in [1.807, 2.05) is 29.6 Å². The van der Waals surface area contributed by atoms with Crippen molar-refractivity contribution >= 4 is 23.2 Å². The fourth-order valence-corrected chi connectivity index (χ4v) is 4.80. The summed E-state index contributed by atoms with van der Waals surface area (Å²) in [5.74, 6) is -0.883. The minimum atomic E-state index is -0.767. The Balaban J connectivity index is 1.54. The van der Waals surface area contributed by atoms with Crippen LogP contribution >= 0.6 is 11.3 Å². The number of amides is 2. The van der Waals surface area contributed by atoms with E-state index in [4.69, 9.17) is 15.5 Å². The zero-order valence-electron chi connectivity index (χ0n) is 17.0. The number of hydrogen-bond donors (Lipinski definition) is 1. The summed E-state index contributed by atoms with van der Waals surface area (Å²) in [4.78, 5) is 30.9. The first kappa shape index (κ1) is 21.0. The monoisotopic (exact) mass is 439 g/mol. The number of methoxy groups -OCH3 is 1. The average Bonchev–Trinajstić information content (AvgIpc) is 3.28. The van der Waals surface area contributed by atoms with Crippen molar-refractivity contribution in [2.75, 3.05) is 20.2 Å². The number of carbonyl (C=O) groups excluding carboxylic acids is 2. The SMILES string of the molecule is COc1ccccc1-c1csc(C2CCCN(C(=O)c3cc(F)cc(C(N)=O)c3)C2)n1. The maximum atomic E-state index is 13.9. The molecule has 2 amide bonds. The van der Waals surface area contributed by atoms with E-state index in [0.717, 1.165) is 47.0 Å². The number of carbonyl (C=O) groups is 2. The smallest absolute Gasteiger partial charge is 0.254 e. The van der Waals surface area contributed by atoms with Crippen LogP contribution in [-0.2, 0) is 0 Å². The lowest BCUT2D eigenvalue weighted by atomic mass is 9.97. The molecule has 2 aromatic carbocycles. The maximum Gasteiger partial charge on any atom is 0.254 e. The summed E-state index contributed by atoms with van der Waals surface area (Å²) in [6.07, 6.45) is 1.73. The van der Waals surface area contributed by atoms with Crippen LogP contribution in [0.5, 0.6) is 5.75 Å². The van der Waals surface area contributed by atoms with Crippen LogP contribution in [0.2, 0.25) is 0 Å². The Bertz CT molecular complexity index is 1130. The molecule has 1 fully saturated rings. The second kappa shape index (κ2) is 8.85. The van der Waals surface area contributed by atoms with Gasteiger partial charge in [-0.3, -0.25) is 9.59 Å². The van der Waals surface area contributed by atoms with Gasteiger partial charge in [-0.05, 0) is 43.2 Å². The molecular weight excluding hydrogens is 417 g/mol. The molecule has 31 heavy (non-hydrogen) atoms. The molecule has 1 unspecified atom stereocenters. The molecular formula is C23H22FN3O3S. The number of aromatic nitrogens is 1. The minimum absolute atomic E-state index is 0.0155. The van der Waals surface area contributed by atoms with Crippen molar-refractivity contribution in [1.82, 2.24) is 9.88 Å². The molecule has 3 aromatic rings. The molecule has 8 heteroatoms. The predicted molar refractivity (Wildman–Crippen MR) is 117 cm³/mol. The number of likely N-dealkylation sites (tertiary alicyclic amines) is 1. The van der Waals surface area contributed by atoms with Crippen molar-refractivity contribution in [3.05, 3.63) is 69.8 Å². The third kappa shape index (κ3) is 4.44. The molecule has 2 heterocycles. The van der Waals surface area contributed by atoms with Crippen LogP contribution in [0, 0.1) is 5.82 Å². The fourth-order valence-electron chi connectivity index (χ4n) is 3.86. The highest BCUT2D eigenvalue weighted by Gasteiger charge is 2.28. The Morgan fingerprint density at radius 3 is 2.77 bits per heavy atom. The van der Waals surface area contributed by atoms with Crippen LogP contribution in [0.25, 0.3) is 11.3 Å². The van der Waals surface area contributed by atoms with E-state index < -0.39 is 11.7 Å².